The maximum absolute atomic E-state index is 12.0. The van der Waals surface area contributed by atoms with Gasteiger partial charge in [0.2, 0.25) is 5.91 Å². The summed E-state index contributed by atoms with van der Waals surface area (Å²) in [5.74, 6) is 0.409. The van der Waals surface area contributed by atoms with E-state index in [1.165, 1.54) is 5.56 Å². The van der Waals surface area contributed by atoms with Crippen molar-refractivity contribution >= 4 is 18.3 Å². The maximum Gasteiger partial charge on any atom is 0.237 e. The highest BCUT2D eigenvalue weighted by atomic mass is 35.5. The van der Waals surface area contributed by atoms with Gasteiger partial charge in [0.05, 0.1) is 6.04 Å². The number of rotatable bonds is 7. The van der Waals surface area contributed by atoms with Crippen molar-refractivity contribution in [1.82, 2.24) is 5.32 Å². The molecule has 3 nitrogen and oxygen atoms in total. The van der Waals surface area contributed by atoms with Crippen LogP contribution in [-0.2, 0) is 11.2 Å². The summed E-state index contributed by atoms with van der Waals surface area (Å²) < 4.78 is 0. The van der Waals surface area contributed by atoms with Gasteiger partial charge in [-0.25, -0.2) is 0 Å². The van der Waals surface area contributed by atoms with E-state index in [0.717, 1.165) is 19.3 Å². The van der Waals surface area contributed by atoms with Crippen molar-refractivity contribution in [2.45, 2.75) is 52.1 Å². The summed E-state index contributed by atoms with van der Waals surface area (Å²) in [5, 5.41) is 3.06. The standard InChI is InChI=1S/C16H26N2O.ClH/c1-4-14(11-13-8-6-5-7-9-13)18-16(19)15(17)10-12(2)3;/h5-9,12,14-15H,4,10-11,17H2,1-3H3,(H,18,19);1H/t14?,15-;/m0./s1. The number of benzene rings is 1. The fourth-order valence-corrected chi connectivity index (χ4v) is 2.12. The van der Waals surface area contributed by atoms with Crippen LogP contribution in [0.5, 0.6) is 0 Å². The van der Waals surface area contributed by atoms with Gasteiger partial charge in [-0.15, -0.1) is 12.4 Å². The van der Waals surface area contributed by atoms with Gasteiger partial charge >= 0.3 is 0 Å². The van der Waals surface area contributed by atoms with Crippen molar-refractivity contribution in [3.05, 3.63) is 35.9 Å². The van der Waals surface area contributed by atoms with Crippen LogP contribution in [0.15, 0.2) is 30.3 Å². The molecule has 3 N–H and O–H groups in total. The lowest BCUT2D eigenvalue weighted by molar-refractivity contribution is -0.123. The molecule has 0 fully saturated rings. The van der Waals surface area contributed by atoms with Gasteiger partial charge in [-0.2, -0.15) is 0 Å². The molecule has 1 rings (SSSR count). The second-order valence-electron chi connectivity index (χ2n) is 5.54. The number of carbonyl (C=O) groups is 1. The van der Waals surface area contributed by atoms with Gasteiger partial charge in [-0.1, -0.05) is 51.1 Å². The molecule has 20 heavy (non-hydrogen) atoms. The van der Waals surface area contributed by atoms with Gasteiger partial charge in [-0.3, -0.25) is 4.79 Å². The summed E-state index contributed by atoms with van der Waals surface area (Å²) in [6.45, 7) is 6.24. The minimum absolute atomic E-state index is 0. The van der Waals surface area contributed by atoms with Crippen LogP contribution in [0.4, 0.5) is 0 Å². The van der Waals surface area contributed by atoms with Crippen LogP contribution < -0.4 is 11.1 Å². The molecule has 0 aliphatic rings. The first-order chi connectivity index (χ1) is 9.02. The second kappa shape index (κ2) is 9.78. The predicted molar refractivity (Wildman–Crippen MR) is 87.0 cm³/mol. The number of nitrogens with two attached hydrogens (primary N) is 1. The van der Waals surface area contributed by atoms with E-state index >= 15 is 0 Å². The molecule has 0 aromatic heterocycles. The summed E-state index contributed by atoms with van der Waals surface area (Å²) in [6, 6.07) is 9.98. The number of carbonyl (C=O) groups excluding carboxylic acids is 1. The topological polar surface area (TPSA) is 55.1 Å². The molecule has 1 aromatic carbocycles. The Morgan fingerprint density at radius 1 is 1.25 bits per heavy atom. The monoisotopic (exact) mass is 298 g/mol. The van der Waals surface area contributed by atoms with Crippen molar-refractivity contribution < 1.29 is 4.79 Å². The van der Waals surface area contributed by atoms with Gasteiger partial charge in [0, 0.05) is 6.04 Å². The van der Waals surface area contributed by atoms with E-state index in [0.29, 0.717) is 5.92 Å². The zero-order valence-corrected chi connectivity index (χ0v) is 13.5. The average Bonchev–Trinajstić information content (AvgIpc) is 2.38. The largest absolute Gasteiger partial charge is 0.352 e. The Morgan fingerprint density at radius 3 is 2.35 bits per heavy atom. The van der Waals surface area contributed by atoms with Gasteiger partial charge in [0.15, 0.2) is 0 Å². The molecule has 4 heteroatoms. The first-order valence-electron chi connectivity index (χ1n) is 7.12. The summed E-state index contributed by atoms with van der Waals surface area (Å²) in [4.78, 5) is 12.0. The number of amides is 1. The fourth-order valence-electron chi connectivity index (χ4n) is 2.12. The molecule has 0 saturated heterocycles. The van der Waals surface area contributed by atoms with Crippen LogP contribution in [-0.4, -0.2) is 18.0 Å². The van der Waals surface area contributed by atoms with E-state index in [9.17, 15) is 4.79 Å². The van der Waals surface area contributed by atoms with Crippen LogP contribution in [0.25, 0.3) is 0 Å². The highest BCUT2D eigenvalue weighted by molar-refractivity contribution is 5.85. The molecule has 0 radical (unpaired) electrons. The first kappa shape index (κ1) is 18.9. The van der Waals surface area contributed by atoms with E-state index in [1.54, 1.807) is 0 Å². The van der Waals surface area contributed by atoms with E-state index < -0.39 is 6.04 Å². The number of nitrogens with one attached hydrogen (secondary N) is 1. The van der Waals surface area contributed by atoms with Crippen LogP contribution in [0.2, 0.25) is 0 Å². The lowest BCUT2D eigenvalue weighted by Crippen LogP contribution is -2.46. The molecule has 0 aliphatic carbocycles. The molecular weight excluding hydrogens is 272 g/mol. The third-order valence-electron chi connectivity index (χ3n) is 3.23. The van der Waals surface area contributed by atoms with E-state index in [4.69, 9.17) is 5.73 Å². The summed E-state index contributed by atoms with van der Waals surface area (Å²) >= 11 is 0. The smallest absolute Gasteiger partial charge is 0.237 e. The Hall–Kier alpha value is -1.06. The summed E-state index contributed by atoms with van der Waals surface area (Å²) in [5.41, 5.74) is 7.15. The lowest BCUT2D eigenvalue weighted by atomic mass is 10.0. The SMILES string of the molecule is CCC(Cc1ccccc1)NC(=O)[C@@H](N)CC(C)C.Cl. The van der Waals surface area contributed by atoms with Crippen LogP contribution in [0.3, 0.4) is 0 Å². The molecule has 1 aromatic rings. The molecule has 1 amide bonds. The fraction of sp³-hybridized carbons (Fsp3) is 0.562. The zero-order chi connectivity index (χ0) is 14.3. The molecule has 2 atom stereocenters. The minimum atomic E-state index is -0.398. The molecular formula is C16H27ClN2O. The lowest BCUT2D eigenvalue weighted by Gasteiger charge is -2.20. The number of hydrogen-bond acceptors (Lipinski definition) is 2. The highest BCUT2D eigenvalue weighted by Crippen LogP contribution is 2.07. The van der Waals surface area contributed by atoms with E-state index in [2.05, 4.69) is 38.2 Å². The van der Waals surface area contributed by atoms with Crippen LogP contribution >= 0.6 is 12.4 Å². The number of halogens is 1. The quantitative estimate of drug-likeness (QED) is 0.813. The second-order valence-corrected chi connectivity index (χ2v) is 5.54. The summed E-state index contributed by atoms with van der Waals surface area (Å²) in [7, 11) is 0. The number of hydrogen-bond donors (Lipinski definition) is 2. The van der Waals surface area contributed by atoms with Crippen molar-refractivity contribution in [3.8, 4) is 0 Å². The Labute approximate surface area is 128 Å². The molecule has 0 saturated carbocycles. The Balaban J connectivity index is 0.00000361. The zero-order valence-electron chi connectivity index (χ0n) is 12.6. The van der Waals surface area contributed by atoms with E-state index in [-0.39, 0.29) is 24.4 Å². The van der Waals surface area contributed by atoms with Crippen molar-refractivity contribution in [1.29, 1.82) is 0 Å². The van der Waals surface area contributed by atoms with Gasteiger partial charge in [0.1, 0.15) is 0 Å². The predicted octanol–water partition coefficient (Wildman–Crippen LogP) is 2.92. The van der Waals surface area contributed by atoms with Crippen LogP contribution in [0.1, 0.15) is 39.2 Å². The molecule has 0 heterocycles. The first-order valence-corrected chi connectivity index (χ1v) is 7.12. The van der Waals surface area contributed by atoms with Crippen molar-refractivity contribution in [3.63, 3.8) is 0 Å². The Bertz CT molecular complexity index is 381. The average molecular weight is 299 g/mol. The molecule has 0 bridgehead atoms. The highest BCUT2D eigenvalue weighted by Gasteiger charge is 2.18. The Kier molecular flexibility index (Phi) is 9.26. The Morgan fingerprint density at radius 2 is 1.85 bits per heavy atom. The maximum atomic E-state index is 12.0. The molecule has 0 aliphatic heterocycles. The van der Waals surface area contributed by atoms with Crippen LogP contribution in [0, 0.1) is 5.92 Å². The normalized spacial score (nSPS) is 13.4. The van der Waals surface area contributed by atoms with Crippen molar-refractivity contribution in [2.75, 3.05) is 0 Å². The summed E-state index contributed by atoms with van der Waals surface area (Å²) in [6.07, 6.45) is 2.50. The third-order valence-corrected chi connectivity index (χ3v) is 3.23. The van der Waals surface area contributed by atoms with Gasteiger partial charge < -0.3 is 11.1 Å². The molecule has 1 unspecified atom stereocenters. The minimum Gasteiger partial charge on any atom is -0.352 e. The molecule has 114 valence electrons. The van der Waals surface area contributed by atoms with Gasteiger partial charge in [0.25, 0.3) is 0 Å². The van der Waals surface area contributed by atoms with Gasteiger partial charge in [-0.05, 0) is 30.7 Å². The van der Waals surface area contributed by atoms with E-state index in [1.807, 2.05) is 18.2 Å². The third kappa shape index (κ3) is 6.92. The molecule has 0 spiro atoms. The van der Waals surface area contributed by atoms with Crippen molar-refractivity contribution in [2.24, 2.45) is 11.7 Å².